The first kappa shape index (κ1) is 14.5. The van der Waals surface area contributed by atoms with E-state index in [1.54, 1.807) is 0 Å². The molecule has 0 bridgehead atoms. The minimum Gasteiger partial charge on any atom is -0.545 e. The van der Waals surface area contributed by atoms with Gasteiger partial charge in [-0.3, -0.25) is 4.79 Å². The predicted octanol–water partition coefficient (Wildman–Crippen LogP) is 0.883. The third-order valence-corrected chi connectivity index (χ3v) is 3.09. The van der Waals surface area contributed by atoms with Crippen molar-refractivity contribution in [3.05, 3.63) is 72.3 Å². The molecule has 0 saturated carbocycles. The second-order valence-electron chi connectivity index (χ2n) is 4.67. The molecular formula is C16H11N4O3-. The number of carboxylic acid groups (broad SMARTS) is 1. The van der Waals surface area contributed by atoms with Crippen LogP contribution in [0.2, 0.25) is 0 Å². The van der Waals surface area contributed by atoms with Crippen molar-refractivity contribution in [1.82, 2.24) is 14.8 Å². The number of carbonyl (C=O) groups excluding carboxylic acids is 2. The number of aromatic carboxylic acids is 1. The smallest absolute Gasteiger partial charge is 0.295 e. The number of carbonyl (C=O) groups is 2. The SMILES string of the molecule is O=C([O-])c1ccc(NC(=O)c2ncn(-c3ccccc3)n2)cc1. The predicted molar refractivity (Wildman–Crippen MR) is 80.1 cm³/mol. The molecule has 7 heteroatoms. The highest BCUT2D eigenvalue weighted by atomic mass is 16.4. The first-order valence-electron chi connectivity index (χ1n) is 6.73. The molecule has 1 amide bonds. The number of benzene rings is 2. The summed E-state index contributed by atoms with van der Waals surface area (Å²) >= 11 is 0. The molecule has 0 saturated heterocycles. The number of hydrogen-bond donors (Lipinski definition) is 1. The highest BCUT2D eigenvalue weighted by Gasteiger charge is 2.12. The number of anilines is 1. The summed E-state index contributed by atoms with van der Waals surface area (Å²) in [6, 6.07) is 14.9. The molecule has 23 heavy (non-hydrogen) atoms. The number of para-hydroxylation sites is 1. The maximum atomic E-state index is 12.1. The Morgan fingerprint density at radius 3 is 2.35 bits per heavy atom. The van der Waals surface area contributed by atoms with E-state index in [-0.39, 0.29) is 11.4 Å². The number of nitrogens with zero attached hydrogens (tertiary/aromatic N) is 3. The van der Waals surface area contributed by atoms with Gasteiger partial charge in [-0.2, -0.15) is 0 Å². The van der Waals surface area contributed by atoms with Crippen molar-refractivity contribution in [3.63, 3.8) is 0 Å². The summed E-state index contributed by atoms with van der Waals surface area (Å²) < 4.78 is 1.49. The van der Waals surface area contributed by atoms with Gasteiger partial charge in [0.1, 0.15) is 6.33 Å². The standard InChI is InChI=1S/C16H12N4O3/c21-15(18-12-8-6-11(7-9-12)16(22)23)14-17-10-20(19-14)13-4-2-1-3-5-13/h1-10H,(H,18,21)(H,22,23)/p-1. The first-order valence-corrected chi connectivity index (χ1v) is 6.73. The molecule has 3 rings (SSSR count). The number of nitrogens with one attached hydrogen (secondary N) is 1. The van der Waals surface area contributed by atoms with Crippen molar-refractivity contribution in [2.75, 3.05) is 5.32 Å². The highest BCUT2D eigenvalue weighted by Crippen LogP contribution is 2.11. The molecule has 1 N–H and O–H groups in total. The number of carboxylic acids is 1. The van der Waals surface area contributed by atoms with Crippen LogP contribution in [0.5, 0.6) is 0 Å². The van der Waals surface area contributed by atoms with Crippen LogP contribution in [-0.2, 0) is 0 Å². The molecule has 2 aromatic carbocycles. The van der Waals surface area contributed by atoms with Gasteiger partial charge in [-0.15, -0.1) is 5.10 Å². The average molecular weight is 307 g/mol. The van der Waals surface area contributed by atoms with E-state index < -0.39 is 11.9 Å². The maximum Gasteiger partial charge on any atom is 0.295 e. The van der Waals surface area contributed by atoms with Crippen LogP contribution in [0.25, 0.3) is 5.69 Å². The Labute approximate surface area is 131 Å². The lowest BCUT2D eigenvalue weighted by atomic mass is 10.2. The number of hydrogen-bond acceptors (Lipinski definition) is 5. The average Bonchev–Trinajstić information content (AvgIpc) is 3.06. The molecule has 0 spiro atoms. The van der Waals surface area contributed by atoms with Crippen molar-refractivity contribution in [2.45, 2.75) is 0 Å². The third kappa shape index (κ3) is 3.24. The Kier molecular flexibility index (Phi) is 3.84. The molecule has 0 fully saturated rings. The van der Waals surface area contributed by atoms with Crippen molar-refractivity contribution in [2.24, 2.45) is 0 Å². The number of aromatic nitrogens is 3. The number of rotatable bonds is 4. The van der Waals surface area contributed by atoms with E-state index in [1.165, 1.54) is 35.3 Å². The van der Waals surface area contributed by atoms with Gasteiger partial charge in [0.25, 0.3) is 5.91 Å². The molecule has 0 atom stereocenters. The van der Waals surface area contributed by atoms with E-state index >= 15 is 0 Å². The molecule has 1 heterocycles. The number of amides is 1. The van der Waals surface area contributed by atoms with E-state index in [4.69, 9.17) is 0 Å². The van der Waals surface area contributed by atoms with Crippen LogP contribution in [0.15, 0.2) is 60.9 Å². The van der Waals surface area contributed by atoms with Crippen molar-refractivity contribution < 1.29 is 14.7 Å². The Balaban J connectivity index is 1.74. The Hall–Kier alpha value is -3.48. The molecule has 0 aliphatic carbocycles. The van der Waals surface area contributed by atoms with Gasteiger partial charge < -0.3 is 15.2 Å². The maximum absolute atomic E-state index is 12.1. The van der Waals surface area contributed by atoms with Crippen LogP contribution in [0.4, 0.5) is 5.69 Å². The topological polar surface area (TPSA) is 99.9 Å². The molecule has 0 aliphatic heterocycles. The van der Waals surface area contributed by atoms with Crippen LogP contribution in [-0.4, -0.2) is 26.6 Å². The summed E-state index contributed by atoms with van der Waals surface area (Å²) in [5, 5.41) is 17.4. The third-order valence-electron chi connectivity index (χ3n) is 3.09. The summed E-state index contributed by atoms with van der Waals surface area (Å²) in [5.41, 5.74) is 1.27. The molecule has 7 nitrogen and oxygen atoms in total. The summed E-state index contributed by atoms with van der Waals surface area (Å²) in [7, 11) is 0. The van der Waals surface area contributed by atoms with Crippen LogP contribution >= 0.6 is 0 Å². The van der Waals surface area contributed by atoms with E-state index in [0.29, 0.717) is 5.69 Å². The Bertz CT molecular complexity index is 841. The molecule has 0 unspecified atom stereocenters. The molecule has 1 aromatic heterocycles. The van der Waals surface area contributed by atoms with Crippen LogP contribution < -0.4 is 10.4 Å². The van der Waals surface area contributed by atoms with Gasteiger partial charge in [-0.25, -0.2) is 9.67 Å². The van der Waals surface area contributed by atoms with Gasteiger partial charge in [0, 0.05) is 5.69 Å². The van der Waals surface area contributed by atoms with Gasteiger partial charge >= 0.3 is 0 Å². The summed E-state index contributed by atoms with van der Waals surface area (Å²) in [6.45, 7) is 0. The normalized spacial score (nSPS) is 10.3. The zero-order valence-electron chi connectivity index (χ0n) is 11.8. The minimum absolute atomic E-state index is 0.0119. The first-order chi connectivity index (χ1) is 11.1. The summed E-state index contributed by atoms with van der Waals surface area (Å²) in [5.74, 6) is -1.75. The molecular weight excluding hydrogens is 296 g/mol. The monoisotopic (exact) mass is 307 g/mol. The van der Waals surface area contributed by atoms with E-state index in [9.17, 15) is 14.7 Å². The Morgan fingerprint density at radius 2 is 1.70 bits per heavy atom. The van der Waals surface area contributed by atoms with E-state index in [0.717, 1.165) is 5.69 Å². The lowest BCUT2D eigenvalue weighted by Gasteiger charge is -2.05. The van der Waals surface area contributed by atoms with Crippen LogP contribution in [0, 0.1) is 0 Å². The van der Waals surface area contributed by atoms with Gasteiger partial charge in [-0.1, -0.05) is 30.3 Å². The fraction of sp³-hybridized carbons (Fsp3) is 0. The van der Waals surface area contributed by atoms with Crippen molar-refractivity contribution in [3.8, 4) is 5.69 Å². The Morgan fingerprint density at radius 1 is 1.00 bits per heavy atom. The van der Waals surface area contributed by atoms with Crippen LogP contribution in [0.1, 0.15) is 21.0 Å². The second-order valence-corrected chi connectivity index (χ2v) is 4.67. The zero-order chi connectivity index (χ0) is 16.2. The van der Waals surface area contributed by atoms with Crippen LogP contribution in [0.3, 0.4) is 0 Å². The highest BCUT2D eigenvalue weighted by molar-refractivity contribution is 6.01. The lowest BCUT2D eigenvalue weighted by Crippen LogP contribution is -2.22. The zero-order valence-corrected chi connectivity index (χ0v) is 11.8. The second kappa shape index (κ2) is 6.10. The summed E-state index contributed by atoms with van der Waals surface area (Å²) in [4.78, 5) is 26.7. The fourth-order valence-corrected chi connectivity index (χ4v) is 1.95. The van der Waals surface area contributed by atoms with E-state index in [2.05, 4.69) is 15.4 Å². The van der Waals surface area contributed by atoms with E-state index in [1.807, 2.05) is 30.3 Å². The quantitative estimate of drug-likeness (QED) is 0.771. The van der Waals surface area contributed by atoms with Gasteiger partial charge in [0.2, 0.25) is 5.82 Å². The molecule has 0 aliphatic rings. The fourth-order valence-electron chi connectivity index (χ4n) is 1.95. The summed E-state index contributed by atoms with van der Waals surface area (Å²) in [6.07, 6.45) is 1.45. The van der Waals surface area contributed by atoms with Crippen molar-refractivity contribution >= 4 is 17.6 Å². The molecule has 3 aromatic rings. The molecule has 114 valence electrons. The van der Waals surface area contributed by atoms with Gasteiger partial charge in [0.15, 0.2) is 0 Å². The van der Waals surface area contributed by atoms with Gasteiger partial charge in [-0.05, 0) is 29.8 Å². The molecule has 0 radical (unpaired) electrons. The van der Waals surface area contributed by atoms with Gasteiger partial charge in [0.05, 0.1) is 11.7 Å². The lowest BCUT2D eigenvalue weighted by molar-refractivity contribution is -0.255. The minimum atomic E-state index is -1.27. The van der Waals surface area contributed by atoms with Crippen molar-refractivity contribution in [1.29, 1.82) is 0 Å². The largest absolute Gasteiger partial charge is 0.545 e.